The standard InChI is InChI=1S/C17H26O2/c1-12(2)7-5-8-13(3)9-6-10-17(4)15-11-14(15)16(18)19-17/h7,9,14-15H,5-6,8,10-11H2,1-4H3/b13-9-. The Morgan fingerprint density at radius 2 is 2.05 bits per heavy atom. The zero-order chi connectivity index (χ0) is 14.0. The molecule has 2 fully saturated rings. The molecule has 106 valence electrons. The van der Waals surface area contributed by atoms with E-state index >= 15 is 0 Å². The fourth-order valence-electron chi connectivity index (χ4n) is 3.04. The second kappa shape index (κ2) is 5.52. The first-order chi connectivity index (χ1) is 8.92. The SMILES string of the molecule is CC(C)=CCC/C(C)=C\CCC1(C)OC(=O)C2CC21. The minimum Gasteiger partial charge on any atom is -0.459 e. The van der Waals surface area contributed by atoms with Gasteiger partial charge < -0.3 is 4.74 Å². The zero-order valence-electron chi connectivity index (χ0n) is 12.7. The van der Waals surface area contributed by atoms with E-state index in [9.17, 15) is 4.79 Å². The lowest BCUT2D eigenvalue weighted by molar-refractivity contribution is -0.152. The van der Waals surface area contributed by atoms with Crippen LogP contribution in [-0.4, -0.2) is 11.6 Å². The number of ether oxygens (including phenoxy) is 1. The molecule has 0 bridgehead atoms. The van der Waals surface area contributed by atoms with Gasteiger partial charge in [-0.1, -0.05) is 23.3 Å². The molecule has 0 aromatic carbocycles. The summed E-state index contributed by atoms with van der Waals surface area (Å²) in [5.41, 5.74) is 2.65. The first kappa shape index (κ1) is 14.4. The first-order valence-electron chi connectivity index (χ1n) is 7.44. The molecule has 1 heterocycles. The smallest absolute Gasteiger partial charge is 0.309 e. The van der Waals surface area contributed by atoms with Crippen LogP contribution in [-0.2, 0) is 9.53 Å². The fourth-order valence-corrected chi connectivity index (χ4v) is 3.04. The van der Waals surface area contributed by atoms with Crippen LogP contribution in [0.4, 0.5) is 0 Å². The van der Waals surface area contributed by atoms with Gasteiger partial charge >= 0.3 is 5.97 Å². The van der Waals surface area contributed by atoms with E-state index in [-0.39, 0.29) is 17.5 Å². The molecule has 0 spiro atoms. The maximum atomic E-state index is 11.5. The highest BCUT2D eigenvalue weighted by molar-refractivity contribution is 5.79. The van der Waals surface area contributed by atoms with E-state index in [1.165, 1.54) is 11.1 Å². The largest absolute Gasteiger partial charge is 0.459 e. The average Bonchev–Trinajstić information content (AvgIpc) is 3.04. The van der Waals surface area contributed by atoms with E-state index in [0.717, 1.165) is 32.1 Å². The van der Waals surface area contributed by atoms with Crippen molar-refractivity contribution in [2.45, 2.75) is 65.4 Å². The molecule has 2 nitrogen and oxygen atoms in total. The fraction of sp³-hybridized carbons (Fsp3) is 0.706. The molecule has 0 aromatic heterocycles. The van der Waals surface area contributed by atoms with Crippen molar-refractivity contribution in [2.75, 3.05) is 0 Å². The number of fused-ring (bicyclic) bond motifs is 1. The lowest BCUT2D eigenvalue weighted by atomic mass is 9.93. The van der Waals surface area contributed by atoms with Crippen molar-refractivity contribution in [3.8, 4) is 0 Å². The first-order valence-corrected chi connectivity index (χ1v) is 7.44. The summed E-state index contributed by atoms with van der Waals surface area (Å²) in [6.45, 7) is 8.58. The molecule has 2 heteroatoms. The highest BCUT2D eigenvalue weighted by atomic mass is 16.6. The van der Waals surface area contributed by atoms with Crippen molar-refractivity contribution >= 4 is 5.97 Å². The quantitative estimate of drug-likeness (QED) is 0.523. The lowest BCUT2D eigenvalue weighted by Gasteiger charge is -2.24. The molecule has 0 N–H and O–H groups in total. The van der Waals surface area contributed by atoms with Crippen molar-refractivity contribution < 1.29 is 9.53 Å². The molecule has 1 saturated heterocycles. The van der Waals surface area contributed by atoms with Gasteiger partial charge in [0.15, 0.2) is 0 Å². The minimum absolute atomic E-state index is 0.0387. The van der Waals surface area contributed by atoms with Crippen LogP contribution < -0.4 is 0 Å². The molecule has 3 atom stereocenters. The van der Waals surface area contributed by atoms with Crippen LogP contribution in [0.15, 0.2) is 23.3 Å². The number of allylic oxidation sites excluding steroid dienone is 4. The summed E-state index contributed by atoms with van der Waals surface area (Å²) in [6, 6.07) is 0. The van der Waals surface area contributed by atoms with E-state index in [1.54, 1.807) is 0 Å². The molecule has 19 heavy (non-hydrogen) atoms. The van der Waals surface area contributed by atoms with Crippen LogP contribution >= 0.6 is 0 Å². The van der Waals surface area contributed by atoms with Crippen LogP contribution in [0.5, 0.6) is 0 Å². The Labute approximate surface area is 116 Å². The van der Waals surface area contributed by atoms with E-state index in [1.807, 2.05) is 0 Å². The van der Waals surface area contributed by atoms with Crippen LogP contribution in [0, 0.1) is 11.8 Å². The molecule has 3 unspecified atom stereocenters. The third-order valence-corrected chi connectivity index (χ3v) is 4.44. The van der Waals surface area contributed by atoms with E-state index in [0.29, 0.717) is 5.92 Å². The highest BCUT2D eigenvalue weighted by Crippen LogP contribution is 2.56. The van der Waals surface area contributed by atoms with Gasteiger partial charge in [0.05, 0.1) is 5.92 Å². The molecular formula is C17H26O2. The summed E-state index contributed by atoms with van der Waals surface area (Å²) in [5, 5.41) is 0. The Hall–Kier alpha value is -1.05. The van der Waals surface area contributed by atoms with Gasteiger partial charge in [-0.3, -0.25) is 4.79 Å². The van der Waals surface area contributed by atoms with Crippen molar-refractivity contribution in [2.24, 2.45) is 11.8 Å². The number of carbonyl (C=O) groups is 1. The number of hydrogen-bond donors (Lipinski definition) is 0. The summed E-state index contributed by atoms with van der Waals surface area (Å²) < 4.78 is 5.53. The Morgan fingerprint density at radius 3 is 2.58 bits per heavy atom. The second-order valence-electron chi connectivity index (χ2n) is 6.59. The van der Waals surface area contributed by atoms with Crippen LogP contribution in [0.1, 0.15) is 59.8 Å². The van der Waals surface area contributed by atoms with Gasteiger partial charge in [-0.05, 0) is 59.8 Å². The van der Waals surface area contributed by atoms with Crippen molar-refractivity contribution in [1.29, 1.82) is 0 Å². The molecule has 0 amide bonds. The van der Waals surface area contributed by atoms with Gasteiger partial charge in [-0.2, -0.15) is 0 Å². The van der Waals surface area contributed by atoms with Gasteiger partial charge in [0.25, 0.3) is 0 Å². The van der Waals surface area contributed by atoms with E-state index < -0.39 is 0 Å². The van der Waals surface area contributed by atoms with E-state index in [4.69, 9.17) is 4.74 Å². The lowest BCUT2D eigenvalue weighted by Crippen LogP contribution is -2.28. The number of rotatable bonds is 6. The Morgan fingerprint density at radius 1 is 1.32 bits per heavy atom. The van der Waals surface area contributed by atoms with Crippen molar-refractivity contribution in [3.05, 3.63) is 23.3 Å². The summed E-state index contributed by atoms with van der Waals surface area (Å²) in [7, 11) is 0. The number of cyclic esters (lactones) is 1. The molecular weight excluding hydrogens is 236 g/mol. The normalized spacial score (nSPS) is 32.8. The predicted molar refractivity (Wildman–Crippen MR) is 77.8 cm³/mol. The molecule has 1 aliphatic heterocycles. The minimum atomic E-state index is -0.182. The van der Waals surface area contributed by atoms with Crippen LogP contribution in [0.25, 0.3) is 0 Å². The topological polar surface area (TPSA) is 26.3 Å². The van der Waals surface area contributed by atoms with Gasteiger partial charge in [-0.15, -0.1) is 0 Å². The van der Waals surface area contributed by atoms with Crippen LogP contribution in [0.2, 0.25) is 0 Å². The molecule has 1 aliphatic carbocycles. The second-order valence-corrected chi connectivity index (χ2v) is 6.59. The van der Waals surface area contributed by atoms with Gasteiger partial charge in [0.1, 0.15) is 5.60 Å². The maximum Gasteiger partial charge on any atom is 0.309 e. The Bertz CT molecular complexity index is 415. The summed E-state index contributed by atoms with van der Waals surface area (Å²) in [4.78, 5) is 11.5. The highest BCUT2D eigenvalue weighted by Gasteiger charge is 2.62. The van der Waals surface area contributed by atoms with Gasteiger partial charge in [0, 0.05) is 5.92 Å². The maximum absolute atomic E-state index is 11.5. The van der Waals surface area contributed by atoms with Gasteiger partial charge in [0.2, 0.25) is 0 Å². The summed E-state index contributed by atoms with van der Waals surface area (Å²) in [5.74, 6) is 0.767. The molecule has 2 rings (SSSR count). The monoisotopic (exact) mass is 262 g/mol. The Balaban J connectivity index is 1.74. The molecule has 0 aromatic rings. The predicted octanol–water partition coefficient (Wildman–Crippen LogP) is 4.41. The zero-order valence-corrected chi connectivity index (χ0v) is 12.7. The average molecular weight is 262 g/mol. The molecule has 0 radical (unpaired) electrons. The summed E-state index contributed by atoms with van der Waals surface area (Å²) in [6.07, 6.45) is 9.90. The van der Waals surface area contributed by atoms with Crippen molar-refractivity contribution in [3.63, 3.8) is 0 Å². The van der Waals surface area contributed by atoms with Crippen molar-refractivity contribution in [1.82, 2.24) is 0 Å². The third kappa shape index (κ3) is 3.49. The number of hydrogen-bond acceptors (Lipinski definition) is 2. The molecule has 1 saturated carbocycles. The number of carbonyl (C=O) groups excluding carboxylic acids is 1. The summed E-state index contributed by atoms with van der Waals surface area (Å²) >= 11 is 0. The van der Waals surface area contributed by atoms with Gasteiger partial charge in [-0.25, -0.2) is 0 Å². The van der Waals surface area contributed by atoms with E-state index in [2.05, 4.69) is 39.8 Å². The molecule has 2 aliphatic rings. The number of esters is 1. The Kier molecular flexibility index (Phi) is 4.17. The van der Waals surface area contributed by atoms with Crippen LogP contribution in [0.3, 0.4) is 0 Å². The third-order valence-electron chi connectivity index (χ3n) is 4.44.